The van der Waals surface area contributed by atoms with Crippen molar-refractivity contribution in [2.45, 2.75) is 39.0 Å². The van der Waals surface area contributed by atoms with Gasteiger partial charge in [-0.25, -0.2) is 0 Å². The first-order chi connectivity index (χ1) is 11.8. The molecule has 0 radical (unpaired) electrons. The number of rotatable bonds is 7. The highest BCUT2D eigenvalue weighted by molar-refractivity contribution is 5.91. The van der Waals surface area contributed by atoms with E-state index in [9.17, 15) is 4.79 Å². The van der Waals surface area contributed by atoms with Crippen molar-refractivity contribution in [1.29, 1.82) is 0 Å². The predicted octanol–water partition coefficient (Wildman–Crippen LogP) is 5.08. The van der Waals surface area contributed by atoms with E-state index in [2.05, 4.69) is 41.5 Å². The van der Waals surface area contributed by atoms with Gasteiger partial charge in [-0.1, -0.05) is 43.7 Å². The van der Waals surface area contributed by atoms with Gasteiger partial charge in [0, 0.05) is 29.2 Å². The number of aromatic nitrogens is 1. The van der Waals surface area contributed by atoms with Gasteiger partial charge in [-0.15, -0.1) is 0 Å². The van der Waals surface area contributed by atoms with E-state index in [-0.39, 0.29) is 5.91 Å². The number of nitrogens with one attached hydrogen (secondary N) is 2. The molecule has 0 saturated carbocycles. The van der Waals surface area contributed by atoms with Gasteiger partial charge in [0.1, 0.15) is 0 Å². The van der Waals surface area contributed by atoms with E-state index in [0.29, 0.717) is 6.42 Å². The van der Waals surface area contributed by atoms with Crippen LogP contribution in [0.2, 0.25) is 0 Å². The van der Waals surface area contributed by atoms with Crippen molar-refractivity contribution in [2.75, 3.05) is 5.32 Å². The molecule has 1 aromatic heterocycles. The number of H-pyrrole nitrogens is 1. The monoisotopic (exact) mass is 320 g/mol. The predicted molar refractivity (Wildman–Crippen MR) is 100 cm³/mol. The molecule has 0 unspecified atom stereocenters. The Balaban J connectivity index is 1.54. The summed E-state index contributed by atoms with van der Waals surface area (Å²) in [6.07, 6.45) is 6.73. The number of benzene rings is 2. The molecule has 0 aliphatic carbocycles. The van der Waals surface area contributed by atoms with Crippen molar-refractivity contribution in [3.8, 4) is 0 Å². The van der Waals surface area contributed by atoms with Crippen LogP contribution < -0.4 is 5.32 Å². The maximum absolute atomic E-state index is 12.2. The van der Waals surface area contributed by atoms with Crippen LogP contribution in [0.3, 0.4) is 0 Å². The smallest absolute Gasteiger partial charge is 0.224 e. The number of aryl methyl sites for hydroxylation is 2. The summed E-state index contributed by atoms with van der Waals surface area (Å²) in [5, 5.41) is 4.19. The molecule has 2 N–H and O–H groups in total. The molecule has 0 aliphatic heterocycles. The first-order valence-corrected chi connectivity index (χ1v) is 8.70. The summed E-state index contributed by atoms with van der Waals surface area (Å²) in [6.45, 7) is 2.20. The average Bonchev–Trinajstić information content (AvgIpc) is 3.03. The fraction of sp³-hybridized carbons (Fsp3) is 0.286. The van der Waals surface area contributed by atoms with Crippen LogP contribution >= 0.6 is 0 Å². The zero-order chi connectivity index (χ0) is 16.8. The normalized spacial score (nSPS) is 10.9. The highest BCUT2D eigenvalue weighted by Gasteiger charge is 2.07. The molecule has 3 aromatic rings. The zero-order valence-corrected chi connectivity index (χ0v) is 14.1. The summed E-state index contributed by atoms with van der Waals surface area (Å²) in [5.41, 5.74) is 4.51. The van der Waals surface area contributed by atoms with Crippen molar-refractivity contribution in [3.05, 3.63) is 65.9 Å². The molecule has 124 valence electrons. The van der Waals surface area contributed by atoms with Gasteiger partial charge >= 0.3 is 0 Å². The maximum atomic E-state index is 12.2. The molecule has 0 spiro atoms. The number of anilines is 1. The highest BCUT2D eigenvalue weighted by Crippen LogP contribution is 2.19. The topological polar surface area (TPSA) is 44.9 Å². The minimum absolute atomic E-state index is 0.0570. The minimum atomic E-state index is 0.0570. The largest absolute Gasteiger partial charge is 0.361 e. The molecule has 0 atom stereocenters. The van der Waals surface area contributed by atoms with E-state index in [1.807, 2.05) is 30.5 Å². The van der Waals surface area contributed by atoms with E-state index >= 15 is 0 Å². The highest BCUT2D eigenvalue weighted by atomic mass is 16.1. The van der Waals surface area contributed by atoms with Crippen LogP contribution in [0.1, 0.15) is 37.3 Å². The van der Waals surface area contributed by atoms with Crippen LogP contribution in [0.4, 0.5) is 5.69 Å². The van der Waals surface area contributed by atoms with Gasteiger partial charge < -0.3 is 10.3 Å². The van der Waals surface area contributed by atoms with Gasteiger partial charge in [-0.3, -0.25) is 4.79 Å². The van der Waals surface area contributed by atoms with Gasteiger partial charge in [0.15, 0.2) is 0 Å². The Hall–Kier alpha value is -2.55. The Labute approximate surface area is 143 Å². The summed E-state index contributed by atoms with van der Waals surface area (Å²) < 4.78 is 0. The van der Waals surface area contributed by atoms with Crippen LogP contribution in [0.25, 0.3) is 10.9 Å². The van der Waals surface area contributed by atoms with Gasteiger partial charge in [-0.05, 0) is 48.6 Å². The molecule has 0 bridgehead atoms. The molecular formula is C21H24N2O. The van der Waals surface area contributed by atoms with E-state index in [1.54, 1.807) is 0 Å². The number of carbonyl (C=O) groups excluding carboxylic acids is 1. The summed E-state index contributed by atoms with van der Waals surface area (Å²) >= 11 is 0. The molecular weight excluding hydrogens is 296 g/mol. The number of para-hydroxylation sites is 1. The summed E-state index contributed by atoms with van der Waals surface area (Å²) in [7, 11) is 0. The van der Waals surface area contributed by atoms with Gasteiger partial charge in [-0.2, -0.15) is 0 Å². The second-order valence-corrected chi connectivity index (χ2v) is 6.21. The number of carbonyl (C=O) groups is 1. The number of hydrogen-bond donors (Lipinski definition) is 2. The summed E-state index contributed by atoms with van der Waals surface area (Å²) in [5.74, 6) is 0.0570. The van der Waals surface area contributed by atoms with E-state index in [4.69, 9.17) is 0 Å². The van der Waals surface area contributed by atoms with Crippen LogP contribution in [0.15, 0.2) is 54.7 Å². The summed E-state index contributed by atoms with van der Waals surface area (Å²) in [6, 6.07) is 16.4. The third-order valence-electron chi connectivity index (χ3n) is 4.35. The quantitative estimate of drug-likeness (QED) is 0.626. The second kappa shape index (κ2) is 7.82. The number of aromatic amines is 1. The lowest BCUT2D eigenvalue weighted by Crippen LogP contribution is -2.12. The lowest BCUT2D eigenvalue weighted by molar-refractivity contribution is -0.116. The third kappa shape index (κ3) is 4.05. The van der Waals surface area contributed by atoms with Crippen molar-refractivity contribution in [1.82, 2.24) is 4.98 Å². The number of hydrogen-bond acceptors (Lipinski definition) is 1. The molecule has 3 heteroatoms. The van der Waals surface area contributed by atoms with Crippen LogP contribution in [-0.4, -0.2) is 10.9 Å². The minimum Gasteiger partial charge on any atom is -0.361 e. The molecule has 0 fully saturated rings. The number of fused-ring (bicyclic) bond motifs is 1. The Kier molecular flexibility index (Phi) is 5.32. The molecule has 1 heterocycles. The Morgan fingerprint density at radius 3 is 2.62 bits per heavy atom. The third-order valence-corrected chi connectivity index (χ3v) is 4.35. The molecule has 24 heavy (non-hydrogen) atoms. The zero-order valence-electron chi connectivity index (χ0n) is 14.1. The first-order valence-electron chi connectivity index (χ1n) is 8.70. The van der Waals surface area contributed by atoms with Crippen LogP contribution in [-0.2, 0) is 17.6 Å². The number of unbranched alkanes of at least 4 members (excludes halogenated alkanes) is 1. The SMILES string of the molecule is CCCCc1ccc(NC(=O)CCc2c[nH]c3ccccc23)cc1. The average molecular weight is 320 g/mol. The standard InChI is InChI=1S/C21H24N2O/c1-2-3-6-16-9-12-18(13-10-16)23-21(24)14-11-17-15-22-20-8-5-4-7-19(17)20/h4-5,7-10,12-13,15,22H,2-3,6,11,14H2,1H3,(H,23,24). The van der Waals surface area contributed by atoms with E-state index in [0.717, 1.165) is 24.0 Å². The molecule has 0 aliphatic rings. The molecule has 2 aromatic carbocycles. The van der Waals surface area contributed by atoms with E-state index in [1.165, 1.54) is 29.4 Å². The van der Waals surface area contributed by atoms with Crippen molar-refractivity contribution < 1.29 is 4.79 Å². The molecule has 1 amide bonds. The molecule has 0 saturated heterocycles. The van der Waals surface area contributed by atoms with Crippen molar-refractivity contribution in [2.24, 2.45) is 0 Å². The molecule has 3 nitrogen and oxygen atoms in total. The second-order valence-electron chi connectivity index (χ2n) is 6.21. The maximum Gasteiger partial charge on any atom is 0.224 e. The van der Waals surface area contributed by atoms with Gasteiger partial charge in [0.2, 0.25) is 5.91 Å². The Morgan fingerprint density at radius 2 is 1.83 bits per heavy atom. The molecule has 3 rings (SSSR count). The number of amides is 1. The first kappa shape index (κ1) is 16.3. The van der Waals surface area contributed by atoms with Crippen LogP contribution in [0, 0.1) is 0 Å². The summed E-state index contributed by atoms with van der Waals surface area (Å²) in [4.78, 5) is 15.4. The van der Waals surface area contributed by atoms with Crippen molar-refractivity contribution >= 4 is 22.5 Å². The fourth-order valence-electron chi connectivity index (χ4n) is 2.95. The lowest BCUT2D eigenvalue weighted by Gasteiger charge is -2.06. The van der Waals surface area contributed by atoms with Crippen LogP contribution in [0.5, 0.6) is 0 Å². The Bertz CT molecular complexity index is 802. The van der Waals surface area contributed by atoms with Gasteiger partial charge in [0.05, 0.1) is 0 Å². The van der Waals surface area contributed by atoms with E-state index < -0.39 is 0 Å². The van der Waals surface area contributed by atoms with Gasteiger partial charge in [0.25, 0.3) is 0 Å². The fourth-order valence-corrected chi connectivity index (χ4v) is 2.95. The van der Waals surface area contributed by atoms with Crippen molar-refractivity contribution in [3.63, 3.8) is 0 Å². The lowest BCUT2D eigenvalue weighted by atomic mass is 10.1. The Morgan fingerprint density at radius 1 is 1.04 bits per heavy atom.